The van der Waals surface area contributed by atoms with Crippen LogP contribution in [0.1, 0.15) is 21.5 Å². The molecular weight excluding hydrogens is 515 g/mol. The van der Waals surface area contributed by atoms with Gasteiger partial charge in [0.25, 0.3) is 5.88 Å². The monoisotopic (exact) mass is 547 g/mol. The first-order valence-corrected chi connectivity index (χ1v) is 10.5. The van der Waals surface area contributed by atoms with Gasteiger partial charge >= 0.3 is 5.95 Å². The van der Waals surface area contributed by atoms with Gasteiger partial charge in [0.1, 0.15) is 0 Å². The van der Waals surface area contributed by atoms with Crippen LogP contribution in [0, 0.1) is 42.2 Å². The summed E-state index contributed by atoms with van der Waals surface area (Å²) in [6, 6.07) is 23.3. The summed E-state index contributed by atoms with van der Waals surface area (Å²) in [5.41, 5.74) is 10.9. The molecule has 0 bridgehead atoms. The maximum atomic E-state index is 12.6. The number of nitrogens with zero attached hydrogens (tertiary/aromatic N) is 1. The minimum Gasteiger partial charge on any atom is -0.449 e. The fourth-order valence-electron chi connectivity index (χ4n) is 3.43. The Morgan fingerprint density at radius 3 is 2.31 bits per heavy atom. The molecule has 0 aliphatic heterocycles. The third-order valence-corrected chi connectivity index (χ3v) is 5.16. The zero-order valence-corrected chi connectivity index (χ0v) is 23.1. The summed E-state index contributed by atoms with van der Waals surface area (Å²) < 4.78 is 5.94. The number of benzene rings is 3. The molecule has 0 saturated carbocycles. The maximum Gasteiger partial charge on any atom is 0.390 e. The van der Waals surface area contributed by atoms with Gasteiger partial charge in [-0.05, 0) is 49.7 Å². The Kier molecular flexibility index (Phi) is 13.0. The first-order valence-electron chi connectivity index (χ1n) is 9.99. The van der Waals surface area contributed by atoms with Crippen molar-refractivity contribution >= 4 is 30.2 Å². The number of nitrogens with one attached hydrogen (secondary N) is 2. The summed E-state index contributed by atoms with van der Waals surface area (Å²) in [6.45, 7) is 4.05. The van der Waals surface area contributed by atoms with E-state index in [2.05, 4.69) is 34.0 Å². The van der Waals surface area contributed by atoms with E-state index in [1.807, 2.05) is 56.3 Å². The third kappa shape index (κ3) is 7.84. The molecule has 4 rings (SSSR count). The number of carbonyl (C=O) groups is 1. The molecule has 8 heteroatoms. The SMILES string of the molecule is Cc1cccc(C)c1-c1cc(Oc2[c-]c(C(=O)Nc3cccc([SH2+])c3)ccc2)[nH+]c(N)n1.[CH3-].[CH3-].[CH3-].[Co]. The Morgan fingerprint density at radius 1 is 1.00 bits per heavy atom. The third-order valence-electron chi connectivity index (χ3n) is 4.85. The quantitative estimate of drug-likeness (QED) is 0.261. The molecule has 0 aliphatic carbocycles. The average molecular weight is 548 g/mol. The van der Waals surface area contributed by atoms with Gasteiger partial charge in [0.05, 0.1) is 6.07 Å². The Balaban J connectivity index is 0.00000306. The molecule has 1 heterocycles. The van der Waals surface area contributed by atoms with Crippen LogP contribution in [0.2, 0.25) is 0 Å². The van der Waals surface area contributed by atoms with Crippen molar-refractivity contribution in [3.63, 3.8) is 0 Å². The van der Waals surface area contributed by atoms with Gasteiger partial charge in [-0.25, -0.2) is 4.98 Å². The van der Waals surface area contributed by atoms with Gasteiger partial charge in [0.15, 0.2) is 16.5 Å². The summed E-state index contributed by atoms with van der Waals surface area (Å²) in [4.78, 5) is 20.9. The van der Waals surface area contributed by atoms with Crippen LogP contribution in [0.5, 0.6) is 11.6 Å². The predicted octanol–water partition coefficient (Wildman–Crippen LogP) is 5.33. The Bertz CT molecular complexity index is 1290. The normalized spacial score (nSPS) is 9.42. The second-order valence-electron chi connectivity index (χ2n) is 7.35. The summed E-state index contributed by atoms with van der Waals surface area (Å²) in [7, 11) is 0. The van der Waals surface area contributed by atoms with Crippen molar-refractivity contribution in [2.75, 3.05) is 11.1 Å². The van der Waals surface area contributed by atoms with Crippen LogP contribution in [0.3, 0.4) is 0 Å². The number of hydrogen-bond donors (Lipinski definition) is 2. The maximum absolute atomic E-state index is 12.6. The number of aromatic nitrogens is 2. The number of H-pyrrole nitrogens is 1. The van der Waals surface area contributed by atoms with Crippen LogP contribution >= 0.6 is 0 Å². The molecule has 0 aliphatic rings. The van der Waals surface area contributed by atoms with Crippen molar-refractivity contribution in [3.8, 4) is 22.9 Å². The number of anilines is 2. The molecule has 193 valence electrons. The van der Waals surface area contributed by atoms with Gasteiger partial charge < -0.3 is 37.1 Å². The van der Waals surface area contributed by atoms with Crippen molar-refractivity contribution in [1.82, 2.24) is 4.98 Å². The molecule has 0 fully saturated rings. The van der Waals surface area contributed by atoms with E-state index in [0.717, 1.165) is 21.6 Å². The fraction of sp³-hybridized carbons (Fsp3) is 0.0714. The fourth-order valence-corrected chi connectivity index (χ4v) is 3.68. The van der Waals surface area contributed by atoms with Crippen LogP contribution in [0.25, 0.3) is 11.3 Å². The molecule has 1 amide bonds. The molecule has 0 spiro atoms. The van der Waals surface area contributed by atoms with Gasteiger partial charge in [0.2, 0.25) is 0 Å². The number of carbonyl (C=O) groups excluding carboxylic acids is 1. The minimum absolute atomic E-state index is 0. The Hall–Kier alpha value is -3.33. The molecule has 4 aromatic rings. The van der Waals surface area contributed by atoms with E-state index >= 15 is 0 Å². The molecule has 0 saturated heterocycles. The average Bonchev–Trinajstić information content (AvgIpc) is 2.73. The molecule has 0 atom stereocenters. The van der Waals surface area contributed by atoms with Crippen molar-refractivity contribution in [1.29, 1.82) is 0 Å². The number of nitrogen functional groups attached to an aromatic ring is 1. The Morgan fingerprint density at radius 2 is 1.64 bits per heavy atom. The first kappa shape index (κ1) is 32.7. The molecular formula is C28H32CoN4O2S-2. The summed E-state index contributed by atoms with van der Waals surface area (Å²) in [5.74, 6) is 0.710. The zero-order chi connectivity index (χ0) is 22.7. The number of aryl methyl sites for hydroxylation is 2. The number of hydrogen-bond acceptors (Lipinski definition) is 4. The summed E-state index contributed by atoms with van der Waals surface area (Å²) >= 11 is 3.45. The van der Waals surface area contributed by atoms with E-state index in [4.69, 9.17) is 10.5 Å². The number of amides is 1. The van der Waals surface area contributed by atoms with Gasteiger partial charge in [-0.1, -0.05) is 40.9 Å². The van der Waals surface area contributed by atoms with E-state index in [1.54, 1.807) is 24.3 Å². The van der Waals surface area contributed by atoms with Crippen LogP contribution < -0.4 is 20.8 Å². The van der Waals surface area contributed by atoms with Crippen molar-refractivity contribution in [2.24, 2.45) is 0 Å². The van der Waals surface area contributed by atoms with E-state index in [1.165, 1.54) is 0 Å². The van der Waals surface area contributed by atoms with Crippen molar-refractivity contribution in [3.05, 3.63) is 112 Å². The summed E-state index contributed by atoms with van der Waals surface area (Å²) in [6.07, 6.45) is 0. The second kappa shape index (κ2) is 14.3. The number of rotatable bonds is 5. The van der Waals surface area contributed by atoms with Gasteiger partial charge in [-0.3, -0.25) is 5.73 Å². The van der Waals surface area contributed by atoms with E-state index in [0.29, 0.717) is 28.6 Å². The van der Waals surface area contributed by atoms with Crippen molar-refractivity contribution in [2.45, 2.75) is 18.7 Å². The second-order valence-corrected chi connectivity index (χ2v) is 7.93. The van der Waals surface area contributed by atoms with Gasteiger partial charge in [-0.2, -0.15) is 0 Å². The molecule has 3 aromatic carbocycles. The largest absolute Gasteiger partial charge is 0.449 e. The van der Waals surface area contributed by atoms with Crippen LogP contribution in [-0.4, -0.2) is 10.9 Å². The van der Waals surface area contributed by atoms with Crippen LogP contribution in [0.4, 0.5) is 11.6 Å². The topological polar surface area (TPSA) is 91.4 Å². The molecule has 0 unspecified atom stereocenters. The number of nitrogens with two attached hydrogens (primary N) is 1. The van der Waals surface area contributed by atoms with Crippen LogP contribution in [0.15, 0.2) is 71.6 Å². The smallest absolute Gasteiger partial charge is 0.390 e. The predicted molar refractivity (Wildman–Crippen MR) is 148 cm³/mol. The van der Waals surface area contributed by atoms with E-state index in [-0.39, 0.29) is 50.9 Å². The van der Waals surface area contributed by atoms with Gasteiger partial charge in [0, 0.05) is 39.8 Å². The molecule has 4 N–H and O–H groups in total. The minimum atomic E-state index is -0.290. The van der Waals surface area contributed by atoms with E-state index < -0.39 is 0 Å². The van der Waals surface area contributed by atoms with E-state index in [9.17, 15) is 4.79 Å². The number of ether oxygens (including phenoxy) is 1. The summed E-state index contributed by atoms with van der Waals surface area (Å²) in [5, 5.41) is 2.85. The zero-order valence-electron chi connectivity index (χ0n) is 21.0. The Labute approximate surface area is 230 Å². The first-order chi connectivity index (χ1) is 15.4. The van der Waals surface area contributed by atoms with Crippen LogP contribution in [-0.2, 0) is 29.4 Å². The van der Waals surface area contributed by atoms with Crippen molar-refractivity contribution < 1.29 is 31.3 Å². The molecule has 36 heavy (non-hydrogen) atoms. The number of aromatic amines is 1. The van der Waals surface area contributed by atoms with Gasteiger partial charge in [-0.15, -0.1) is 18.2 Å². The molecule has 1 aromatic heterocycles. The standard InChI is InChI=1S/C25H21N4O2S.3CH3.Co/c1-15-6-3-7-16(2)23(15)21-14-22(29-25(26)28-21)31-19-10-4-8-17(12-19)24(30)27-18-9-5-11-20(32)13-18;;;;/h3-11,13-14,32H,1-2H3,(H,27,30)(H2,26,28,29);3*1H3;/q4*-1;/p+2. The molecule has 6 nitrogen and oxygen atoms in total. The molecule has 1 radical (unpaired) electrons.